The van der Waals surface area contributed by atoms with Crippen LogP contribution in [0.15, 0.2) is 42.6 Å². The van der Waals surface area contributed by atoms with Gasteiger partial charge in [-0.1, -0.05) is 6.07 Å². The van der Waals surface area contributed by atoms with Gasteiger partial charge < -0.3 is 19.8 Å². The van der Waals surface area contributed by atoms with Crippen molar-refractivity contribution >= 4 is 16.8 Å². The zero-order valence-electron chi connectivity index (χ0n) is 16.0. The van der Waals surface area contributed by atoms with Crippen molar-refractivity contribution in [1.29, 1.82) is 0 Å². The Kier molecular flexibility index (Phi) is 4.71. The second-order valence-electron chi connectivity index (χ2n) is 7.17. The molecule has 0 saturated heterocycles. The lowest BCUT2D eigenvalue weighted by Crippen LogP contribution is -2.35. The minimum Gasteiger partial charge on any atom is -0.493 e. The van der Waals surface area contributed by atoms with Gasteiger partial charge in [-0.3, -0.25) is 4.79 Å². The van der Waals surface area contributed by atoms with E-state index in [4.69, 9.17) is 9.47 Å². The highest BCUT2D eigenvalue weighted by molar-refractivity contribution is 5.97. The number of methoxy groups -OCH3 is 2. The van der Waals surface area contributed by atoms with Gasteiger partial charge in [0.2, 0.25) is 5.91 Å². The molecule has 0 unspecified atom stereocenters. The van der Waals surface area contributed by atoms with Crippen LogP contribution in [0.3, 0.4) is 0 Å². The largest absolute Gasteiger partial charge is 0.493 e. The molecule has 3 aromatic rings. The first-order valence-corrected chi connectivity index (χ1v) is 9.34. The summed E-state index contributed by atoms with van der Waals surface area (Å²) < 4.78 is 24.2. The van der Waals surface area contributed by atoms with E-state index in [1.165, 1.54) is 12.1 Å². The lowest BCUT2D eigenvalue weighted by Gasteiger charge is -2.15. The SMILES string of the molecule is COc1ccc(CCNC(=O)C2(c3c[nH]c4ccc(F)cc34)CC2)cc1OC. The molecule has 1 heterocycles. The number of halogens is 1. The third kappa shape index (κ3) is 3.19. The Bertz CT molecular complexity index is 1020. The summed E-state index contributed by atoms with van der Waals surface area (Å²) >= 11 is 0. The van der Waals surface area contributed by atoms with Crippen LogP contribution in [0.4, 0.5) is 4.39 Å². The second-order valence-corrected chi connectivity index (χ2v) is 7.17. The first-order valence-electron chi connectivity index (χ1n) is 9.34. The van der Waals surface area contributed by atoms with Crippen molar-refractivity contribution in [2.75, 3.05) is 20.8 Å². The van der Waals surface area contributed by atoms with Crippen molar-refractivity contribution in [1.82, 2.24) is 10.3 Å². The maximum Gasteiger partial charge on any atom is 0.230 e. The number of hydrogen-bond donors (Lipinski definition) is 2. The average molecular weight is 382 g/mol. The van der Waals surface area contributed by atoms with Crippen molar-refractivity contribution in [2.24, 2.45) is 0 Å². The summed E-state index contributed by atoms with van der Waals surface area (Å²) in [5.74, 6) is 1.06. The summed E-state index contributed by atoms with van der Waals surface area (Å²) in [5, 5.41) is 3.83. The summed E-state index contributed by atoms with van der Waals surface area (Å²) in [6.07, 6.45) is 4.08. The predicted molar refractivity (Wildman–Crippen MR) is 105 cm³/mol. The molecule has 1 aliphatic rings. The van der Waals surface area contributed by atoms with Gasteiger partial charge in [0.15, 0.2) is 11.5 Å². The molecule has 146 valence electrons. The number of carbonyl (C=O) groups is 1. The van der Waals surface area contributed by atoms with Gasteiger partial charge in [0.1, 0.15) is 5.82 Å². The van der Waals surface area contributed by atoms with Crippen LogP contribution < -0.4 is 14.8 Å². The summed E-state index contributed by atoms with van der Waals surface area (Å²) in [5.41, 5.74) is 2.23. The predicted octanol–water partition coefficient (Wildman–Crippen LogP) is 3.71. The summed E-state index contributed by atoms with van der Waals surface area (Å²) in [7, 11) is 3.20. The van der Waals surface area contributed by atoms with Gasteiger partial charge in [0, 0.05) is 23.6 Å². The molecular formula is C22H23FN2O3. The van der Waals surface area contributed by atoms with E-state index in [0.717, 1.165) is 34.9 Å². The first-order chi connectivity index (χ1) is 13.6. The quantitative estimate of drug-likeness (QED) is 0.655. The number of fused-ring (bicyclic) bond motifs is 1. The number of aromatic amines is 1. The molecule has 6 heteroatoms. The number of H-pyrrole nitrogens is 1. The topological polar surface area (TPSA) is 63.3 Å². The summed E-state index contributed by atoms with van der Waals surface area (Å²) in [6.45, 7) is 0.521. The Morgan fingerprint density at radius 3 is 2.64 bits per heavy atom. The normalized spacial score (nSPS) is 14.7. The van der Waals surface area contributed by atoms with Crippen LogP contribution in [0, 0.1) is 5.82 Å². The minimum absolute atomic E-state index is 0.00172. The molecule has 1 fully saturated rings. The van der Waals surface area contributed by atoms with Gasteiger partial charge in [-0.25, -0.2) is 4.39 Å². The molecule has 1 aromatic heterocycles. The summed E-state index contributed by atoms with van der Waals surface area (Å²) in [4.78, 5) is 16.1. The standard InChI is InChI=1S/C22H23FN2O3/c1-27-19-6-3-14(11-20(19)28-2)7-10-24-21(26)22(8-9-22)17-13-25-18-5-4-15(23)12-16(17)18/h3-6,11-13,25H,7-10H2,1-2H3,(H,24,26). The van der Waals surface area contributed by atoms with Crippen molar-refractivity contribution < 1.29 is 18.7 Å². The fourth-order valence-electron chi connectivity index (χ4n) is 3.76. The molecule has 0 atom stereocenters. The number of carbonyl (C=O) groups excluding carboxylic acids is 1. The van der Waals surface area contributed by atoms with Crippen molar-refractivity contribution in [3.63, 3.8) is 0 Å². The van der Waals surface area contributed by atoms with E-state index >= 15 is 0 Å². The van der Waals surface area contributed by atoms with Crippen molar-refractivity contribution in [3.05, 3.63) is 59.5 Å². The fourth-order valence-corrected chi connectivity index (χ4v) is 3.76. The maximum absolute atomic E-state index is 13.7. The molecule has 0 radical (unpaired) electrons. The van der Waals surface area contributed by atoms with E-state index in [9.17, 15) is 9.18 Å². The maximum atomic E-state index is 13.7. The van der Waals surface area contributed by atoms with Gasteiger partial charge in [-0.05, 0) is 60.7 Å². The van der Waals surface area contributed by atoms with Gasteiger partial charge >= 0.3 is 0 Å². The molecule has 28 heavy (non-hydrogen) atoms. The Balaban J connectivity index is 1.44. The van der Waals surface area contributed by atoms with Crippen molar-refractivity contribution in [2.45, 2.75) is 24.7 Å². The first kappa shape index (κ1) is 18.3. The van der Waals surface area contributed by atoms with Crippen LogP contribution >= 0.6 is 0 Å². The van der Waals surface area contributed by atoms with Crippen LogP contribution in [0.5, 0.6) is 11.5 Å². The Morgan fingerprint density at radius 2 is 1.93 bits per heavy atom. The van der Waals surface area contributed by atoms with Gasteiger partial charge in [0.05, 0.1) is 19.6 Å². The highest BCUT2D eigenvalue weighted by atomic mass is 19.1. The Hall–Kier alpha value is -3.02. The molecule has 0 aliphatic heterocycles. The van der Waals surface area contributed by atoms with E-state index in [0.29, 0.717) is 24.5 Å². The lowest BCUT2D eigenvalue weighted by molar-refractivity contribution is -0.123. The molecule has 4 rings (SSSR count). The van der Waals surface area contributed by atoms with Crippen LogP contribution in [-0.2, 0) is 16.6 Å². The third-order valence-electron chi connectivity index (χ3n) is 5.49. The number of hydrogen-bond acceptors (Lipinski definition) is 3. The summed E-state index contributed by atoms with van der Waals surface area (Å²) in [6, 6.07) is 10.4. The highest BCUT2D eigenvalue weighted by Crippen LogP contribution is 2.50. The molecule has 5 nitrogen and oxygen atoms in total. The van der Waals surface area contributed by atoms with Gasteiger partial charge in [0.25, 0.3) is 0 Å². The zero-order valence-corrected chi connectivity index (χ0v) is 16.0. The molecule has 2 aromatic carbocycles. The van der Waals surface area contributed by atoms with Crippen LogP contribution in [0.25, 0.3) is 10.9 Å². The molecule has 2 N–H and O–H groups in total. The number of ether oxygens (including phenoxy) is 2. The highest BCUT2D eigenvalue weighted by Gasteiger charge is 2.52. The van der Waals surface area contributed by atoms with E-state index in [1.54, 1.807) is 20.3 Å². The molecule has 1 amide bonds. The number of benzene rings is 2. The van der Waals surface area contributed by atoms with E-state index < -0.39 is 5.41 Å². The molecule has 1 saturated carbocycles. The van der Waals surface area contributed by atoms with E-state index in [1.807, 2.05) is 24.4 Å². The number of amides is 1. The monoisotopic (exact) mass is 382 g/mol. The van der Waals surface area contributed by atoms with Crippen molar-refractivity contribution in [3.8, 4) is 11.5 Å². The smallest absolute Gasteiger partial charge is 0.230 e. The van der Waals surface area contributed by atoms with Crippen LogP contribution in [0.1, 0.15) is 24.0 Å². The molecule has 0 spiro atoms. The molecule has 1 aliphatic carbocycles. The van der Waals surface area contributed by atoms with Gasteiger partial charge in [-0.2, -0.15) is 0 Å². The third-order valence-corrected chi connectivity index (χ3v) is 5.49. The number of nitrogens with one attached hydrogen (secondary N) is 2. The Labute approximate surface area is 162 Å². The Morgan fingerprint density at radius 1 is 1.14 bits per heavy atom. The van der Waals surface area contributed by atoms with E-state index in [-0.39, 0.29) is 11.7 Å². The van der Waals surface area contributed by atoms with Crippen LogP contribution in [-0.4, -0.2) is 31.7 Å². The average Bonchev–Trinajstić information content (AvgIpc) is 3.41. The van der Waals surface area contributed by atoms with E-state index in [2.05, 4.69) is 10.3 Å². The second kappa shape index (κ2) is 7.19. The lowest BCUT2D eigenvalue weighted by atomic mass is 9.94. The number of rotatable bonds is 7. The molecular weight excluding hydrogens is 359 g/mol. The van der Waals surface area contributed by atoms with Crippen LogP contribution in [0.2, 0.25) is 0 Å². The van der Waals surface area contributed by atoms with Gasteiger partial charge in [-0.15, -0.1) is 0 Å². The fraction of sp³-hybridized carbons (Fsp3) is 0.318. The molecule has 0 bridgehead atoms. The minimum atomic E-state index is -0.552. The zero-order chi connectivity index (χ0) is 19.7. The number of aromatic nitrogens is 1.